The Balaban J connectivity index is 2.72. The lowest BCUT2D eigenvalue weighted by Gasteiger charge is -2.27. The molecule has 0 aromatic rings. The van der Waals surface area contributed by atoms with Crippen LogP contribution in [0.5, 0.6) is 0 Å². The first-order chi connectivity index (χ1) is 5.92. The number of alkyl halides is 3. The van der Waals surface area contributed by atoms with Gasteiger partial charge < -0.3 is 10.5 Å². The van der Waals surface area contributed by atoms with E-state index in [1.165, 1.54) is 6.08 Å². The van der Waals surface area contributed by atoms with Crippen LogP contribution in [0, 0.1) is 0 Å². The van der Waals surface area contributed by atoms with E-state index >= 15 is 0 Å². The first-order valence-corrected chi connectivity index (χ1v) is 4.51. The van der Waals surface area contributed by atoms with Gasteiger partial charge in [0.1, 0.15) is 10.2 Å². The Morgan fingerprint density at radius 2 is 2.23 bits per heavy atom. The fourth-order valence-electron chi connectivity index (χ4n) is 1.00. The monoisotopic (exact) mass is 253 g/mol. The van der Waals surface area contributed by atoms with Crippen LogP contribution < -0.4 is 5.73 Å². The predicted molar refractivity (Wildman–Crippen MR) is 49.4 cm³/mol. The van der Waals surface area contributed by atoms with Gasteiger partial charge in [0, 0.05) is 6.42 Å². The fourth-order valence-corrected chi connectivity index (χ4v) is 1.41. The highest BCUT2D eigenvalue weighted by Gasteiger charge is 2.28. The molecule has 0 bridgehead atoms. The predicted octanol–water partition coefficient (Wildman–Crippen LogP) is 2.51. The highest BCUT2D eigenvalue weighted by molar-refractivity contribution is 9.10. The molecule has 0 saturated heterocycles. The number of allylic oxidation sites excluding steroid dienone is 2. The summed E-state index contributed by atoms with van der Waals surface area (Å²) in [7, 11) is 0. The van der Waals surface area contributed by atoms with Gasteiger partial charge in [0.2, 0.25) is 0 Å². The van der Waals surface area contributed by atoms with Crippen LogP contribution in [0.25, 0.3) is 0 Å². The van der Waals surface area contributed by atoms with Crippen LogP contribution in [-0.2, 0) is 4.74 Å². The van der Waals surface area contributed by atoms with Crippen molar-refractivity contribution in [3.63, 3.8) is 0 Å². The average Bonchev–Trinajstić information content (AvgIpc) is 1.95. The van der Waals surface area contributed by atoms with Crippen molar-refractivity contribution < 1.29 is 13.5 Å². The highest BCUT2D eigenvalue weighted by atomic mass is 79.9. The number of halogens is 3. The maximum Gasteiger partial charge on any atom is 0.387 e. The van der Waals surface area contributed by atoms with Crippen LogP contribution in [-0.4, -0.2) is 11.1 Å². The van der Waals surface area contributed by atoms with Crippen molar-refractivity contribution in [1.29, 1.82) is 0 Å². The van der Waals surface area contributed by atoms with Gasteiger partial charge in [-0.25, -0.2) is 0 Å². The molecule has 1 unspecified atom stereocenters. The Hall–Kier alpha value is -0.420. The largest absolute Gasteiger partial charge is 0.439 e. The van der Waals surface area contributed by atoms with E-state index in [2.05, 4.69) is 20.7 Å². The van der Waals surface area contributed by atoms with Gasteiger partial charge in [-0.1, -0.05) is 22.0 Å². The van der Waals surface area contributed by atoms with Gasteiger partial charge in [-0.2, -0.15) is 8.78 Å². The molecule has 0 aliphatic heterocycles. The van der Waals surface area contributed by atoms with Crippen molar-refractivity contribution in [2.45, 2.75) is 24.4 Å². The molecule has 0 heterocycles. The van der Waals surface area contributed by atoms with E-state index in [9.17, 15) is 8.78 Å². The Morgan fingerprint density at radius 1 is 1.62 bits per heavy atom. The summed E-state index contributed by atoms with van der Waals surface area (Å²) in [5.74, 6) is 0.194. The summed E-state index contributed by atoms with van der Waals surface area (Å²) in [6.07, 6.45) is 3.41. The molecule has 0 saturated carbocycles. The molecule has 1 aliphatic carbocycles. The first-order valence-electron chi connectivity index (χ1n) is 3.72. The average molecular weight is 254 g/mol. The second-order valence-corrected chi connectivity index (χ2v) is 4.32. The summed E-state index contributed by atoms with van der Waals surface area (Å²) in [6.45, 7) is -0.967. The Bertz CT molecular complexity index is 261. The molecule has 2 nitrogen and oxygen atoms in total. The van der Waals surface area contributed by atoms with Crippen molar-refractivity contribution in [2.24, 2.45) is 5.73 Å². The van der Waals surface area contributed by atoms with Crippen molar-refractivity contribution in [1.82, 2.24) is 0 Å². The Morgan fingerprint density at radius 3 is 2.69 bits per heavy atom. The summed E-state index contributed by atoms with van der Waals surface area (Å²) in [5.41, 5.74) is 6.65. The summed E-state index contributed by atoms with van der Waals surface area (Å²) in [6, 6.07) is 0. The molecule has 0 aromatic carbocycles. The van der Waals surface area contributed by atoms with Crippen LogP contribution in [0.1, 0.15) is 13.3 Å². The maximum atomic E-state index is 11.8. The van der Waals surface area contributed by atoms with E-state index in [0.29, 0.717) is 0 Å². The molecule has 1 aliphatic rings. The van der Waals surface area contributed by atoms with E-state index in [0.717, 1.165) is 5.57 Å². The number of nitrogens with two attached hydrogens (primary N) is 1. The third-order valence-corrected chi connectivity index (χ3v) is 2.75. The minimum Gasteiger partial charge on any atom is -0.439 e. The minimum absolute atomic E-state index is 0.194. The fraction of sp³-hybridized carbons (Fsp3) is 0.500. The highest BCUT2D eigenvalue weighted by Crippen LogP contribution is 2.33. The molecule has 1 atom stereocenters. The molecule has 13 heavy (non-hydrogen) atoms. The number of hydrogen-bond donors (Lipinski definition) is 1. The van der Waals surface area contributed by atoms with Gasteiger partial charge in [0.25, 0.3) is 0 Å². The zero-order valence-corrected chi connectivity index (χ0v) is 8.64. The standard InChI is InChI=1S/C8H10BrF2NO/c1-5-2-3-6(13-7(10)11)4-8(5,9)12/h2-3,7H,4,12H2,1H3. The minimum atomic E-state index is -2.79. The van der Waals surface area contributed by atoms with Crippen molar-refractivity contribution in [3.8, 4) is 0 Å². The molecule has 74 valence electrons. The van der Waals surface area contributed by atoms with Crippen LogP contribution in [0.4, 0.5) is 8.78 Å². The second kappa shape index (κ2) is 3.75. The lowest BCUT2D eigenvalue weighted by molar-refractivity contribution is -0.0991. The van der Waals surface area contributed by atoms with Crippen LogP contribution in [0.2, 0.25) is 0 Å². The summed E-state index contributed by atoms with van der Waals surface area (Å²) >= 11 is 3.23. The number of ether oxygens (including phenoxy) is 1. The zero-order chi connectivity index (χ0) is 10.1. The smallest absolute Gasteiger partial charge is 0.387 e. The summed E-state index contributed by atoms with van der Waals surface area (Å²) < 4.78 is 27.1. The van der Waals surface area contributed by atoms with E-state index < -0.39 is 11.1 Å². The van der Waals surface area contributed by atoms with Gasteiger partial charge in [-0.05, 0) is 18.6 Å². The molecule has 0 amide bonds. The molecule has 0 aromatic heterocycles. The third-order valence-electron chi connectivity index (χ3n) is 1.85. The zero-order valence-electron chi connectivity index (χ0n) is 7.06. The van der Waals surface area contributed by atoms with Gasteiger partial charge in [-0.15, -0.1) is 0 Å². The maximum absolute atomic E-state index is 11.8. The van der Waals surface area contributed by atoms with Crippen molar-refractivity contribution >= 4 is 15.9 Å². The van der Waals surface area contributed by atoms with Gasteiger partial charge in [-0.3, -0.25) is 0 Å². The van der Waals surface area contributed by atoms with E-state index in [1.807, 2.05) is 6.92 Å². The van der Waals surface area contributed by atoms with E-state index in [4.69, 9.17) is 5.73 Å². The molecule has 0 radical (unpaired) electrons. The molecule has 1 rings (SSSR count). The molecular weight excluding hydrogens is 244 g/mol. The van der Waals surface area contributed by atoms with E-state index in [1.54, 1.807) is 6.08 Å². The molecule has 5 heteroatoms. The number of hydrogen-bond acceptors (Lipinski definition) is 2. The van der Waals surface area contributed by atoms with Gasteiger partial charge in [0.15, 0.2) is 0 Å². The first kappa shape index (κ1) is 10.7. The molecule has 0 spiro atoms. The number of rotatable bonds is 2. The quantitative estimate of drug-likeness (QED) is 0.607. The lowest BCUT2D eigenvalue weighted by Crippen LogP contribution is -2.36. The topological polar surface area (TPSA) is 35.2 Å². The summed E-state index contributed by atoms with van der Waals surface area (Å²) in [4.78, 5) is 0. The van der Waals surface area contributed by atoms with Crippen LogP contribution in [0.3, 0.4) is 0 Å². The normalized spacial score (nSPS) is 28.5. The Labute approximate surface area is 83.6 Å². The van der Waals surface area contributed by atoms with Crippen LogP contribution in [0.15, 0.2) is 23.5 Å². The SMILES string of the molecule is CC1=CC=C(OC(F)F)CC1(N)Br. The second-order valence-electron chi connectivity index (χ2n) is 2.90. The van der Waals surface area contributed by atoms with Gasteiger partial charge in [0.05, 0.1) is 0 Å². The van der Waals surface area contributed by atoms with Crippen molar-refractivity contribution in [3.05, 3.63) is 23.5 Å². The Kier molecular flexibility index (Phi) is 3.08. The molecule has 2 N–H and O–H groups in total. The van der Waals surface area contributed by atoms with E-state index in [-0.39, 0.29) is 12.2 Å². The molecule has 0 fully saturated rings. The third kappa shape index (κ3) is 2.77. The van der Waals surface area contributed by atoms with Crippen molar-refractivity contribution in [2.75, 3.05) is 0 Å². The lowest BCUT2D eigenvalue weighted by atomic mass is 10.00. The summed E-state index contributed by atoms with van der Waals surface area (Å²) in [5, 5.41) is 0. The van der Waals surface area contributed by atoms with Crippen LogP contribution >= 0.6 is 15.9 Å². The van der Waals surface area contributed by atoms with Gasteiger partial charge >= 0.3 is 6.61 Å². The molecular formula is C8H10BrF2NO.